The van der Waals surface area contributed by atoms with Gasteiger partial charge in [-0.2, -0.15) is 0 Å². The van der Waals surface area contributed by atoms with E-state index < -0.39 is 19.3 Å². The highest BCUT2D eigenvalue weighted by Crippen LogP contribution is 2.37. The van der Waals surface area contributed by atoms with Crippen molar-refractivity contribution in [1.82, 2.24) is 0 Å². The Bertz CT molecular complexity index is 119. The van der Waals surface area contributed by atoms with Gasteiger partial charge in [0.05, 0.1) is 13.3 Å². The second kappa shape index (κ2) is 3.48. The molecule has 0 radical (unpaired) electrons. The van der Waals surface area contributed by atoms with E-state index in [9.17, 15) is 8.78 Å². The van der Waals surface area contributed by atoms with Crippen molar-refractivity contribution in [3.8, 4) is 0 Å². The summed E-state index contributed by atoms with van der Waals surface area (Å²) >= 11 is 0. The summed E-state index contributed by atoms with van der Waals surface area (Å²) in [6, 6.07) is 0. The van der Waals surface area contributed by atoms with Gasteiger partial charge in [-0.05, 0) is 25.7 Å². The Hall–Kier alpha value is -0.180. The minimum Gasteiger partial charge on any atom is -0.325 e. The summed E-state index contributed by atoms with van der Waals surface area (Å²) in [4.78, 5) is 0. The highest BCUT2D eigenvalue weighted by molar-refractivity contribution is 4.98. The molecule has 0 saturated heterocycles. The SMILES string of the molecule is NC1(CCC(CF)CF)CC1. The van der Waals surface area contributed by atoms with Crippen LogP contribution in [0.25, 0.3) is 0 Å². The maximum absolute atomic E-state index is 12.0. The molecule has 3 heteroatoms. The molecule has 0 aromatic rings. The van der Waals surface area contributed by atoms with Crippen LogP contribution in [0.3, 0.4) is 0 Å². The van der Waals surface area contributed by atoms with E-state index in [1.54, 1.807) is 0 Å². The van der Waals surface area contributed by atoms with E-state index in [-0.39, 0.29) is 5.54 Å². The number of alkyl halides is 2. The Balaban J connectivity index is 2.09. The van der Waals surface area contributed by atoms with Gasteiger partial charge in [-0.1, -0.05) is 0 Å². The first-order chi connectivity index (χ1) is 5.20. The number of hydrogen-bond acceptors (Lipinski definition) is 1. The molecule has 2 N–H and O–H groups in total. The van der Waals surface area contributed by atoms with Gasteiger partial charge in [0, 0.05) is 11.5 Å². The van der Waals surface area contributed by atoms with Crippen molar-refractivity contribution in [1.29, 1.82) is 0 Å². The Morgan fingerprint density at radius 2 is 1.82 bits per heavy atom. The van der Waals surface area contributed by atoms with E-state index in [2.05, 4.69) is 0 Å². The lowest BCUT2D eigenvalue weighted by Crippen LogP contribution is -2.23. The first kappa shape index (κ1) is 8.91. The first-order valence-electron chi connectivity index (χ1n) is 4.11. The lowest BCUT2D eigenvalue weighted by molar-refractivity contribution is 0.265. The fourth-order valence-corrected chi connectivity index (χ4v) is 1.10. The summed E-state index contributed by atoms with van der Waals surface area (Å²) in [5.74, 6) is -0.406. The average molecular weight is 163 g/mol. The van der Waals surface area contributed by atoms with Crippen molar-refractivity contribution in [2.24, 2.45) is 11.7 Å². The van der Waals surface area contributed by atoms with Crippen molar-refractivity contribution in [3.63, 3.8) is 0 Å². The van der Waals surface area contributed by atoms with Crippen LogP contribution in [-0.2, 0) is 0 Å². The van der Waals surface area contributed by atoms with Crippen LogP contribution < -0.4 is 5.73 Å². The van der Waals surface area contributed by atoms with Crippen molar-refractivity contribution >= 4 is 0 Å². The Morgan fingerprint density at radius 3 is 2.18 bits per heavy atom. The second-order valence-electron chi connectivity index (χ2n) is 3.58. The molecular weight excluding hydrogens is 148 g/mol. The van der Waals surface area contributed by atoms with Gasteiger partial charge in [-0.3, -0.25) is 8.78 Å². The zero-order valence-corrected chi connectivity index (χ0v) is 6.65. The van der Waals surface area contributed by atoms with E-state index >= 15 is 0 Å². The molecule has 11 heavy (non-hydrogen) atoms. The monoisotopic (exact) mass is 163 g/mol. The molecule has 0 aliphatic heterocycles. The Morgan fingerprint density at radius 1 is 1.27 bits per heavy atom. The van der Waals surface area contributed by atoms with Gasteiger partial charge < -0.3 is 5.73 Å². The van der Waals surface area contributed by atoms with Gasteiger partial charge in [-0.25, -0.2) is 0 Å². The normalized spacial score (nSPS) is 20.7. The van der Waals surface area contributed by atoms with Crippen molar-refractivity contribution in [2.45, 2.75) is 31.2 Å². The fourth-order valence-electron chi connectivity index (χ4n) is 1.10. The van der Waals surface area contributed by atoms with Crippen LogP contribution >= 0.6 is 0 Å². The molecule has 1 fully saturated rings. The van der Waals surface area contributed by atoms with E-state index in [1.165, 1.54) is 0 Å². The molecule has 0 aromatic heterocycles. The molecule has 0 heterocycles. The first-order valence-corrected chi connectivity index (χ1v) is 4.11. The minimum absolute atomic E-state index is 0.0530. The Kier molecular flexibility index (Phi) is 2.82. The molecule has 1 aliphatic rings. The summed E-state index contributed by atoms with van der Waals surface area (Å²) in [7, 11) is 0. The molecular formula is C8H15F2N. The summed E-state index contributed by atoms with van der Waals surface area (Å²) in [5, 5.41) is 0. The van der Waals surface area contributed by atoms with Gasteiger partial charge in [0.25, 0.3) is 0 Å². The topological polar surface area (TPSA) is 26.0 Å². The molecule has 1 saturated carbocycles. The average Bonchev–Trinajstić information content (AvgIpc) is 2.71. The third-order valence-corrected chi connectivity index (χ3v) is 2.38. The van der Waals surface area contributed by atoms with E-state index in [4.69, 9.17) is 5.73 Å². The van der Waals surface area contributed by atoms with E-state index in [0.717, 1.165) is 19.3 Å². The van der Waals surface area contributed by atoms with Gasteiger partial charge in [0.1, 0.15) is 0 Å². The highest BCUT2D eigenvalue weighted by atomic mass is 19.1. The number of rotatable bonds is 5. The van der Waals surface area contributed by atoms with Crippen LogP contribution in [0.2, 0.25) is 0 Å². The molecule has 66 valence electrons. The Labute approximate surface area is 66.0 Å². The third kappa shape index (κ3) is 2.73. The number of nitrogens with two attached hydrogens (primary N) is 1. The maximum Gasteiger partial charge on any atom is 0.0947 e. The minimum atomic E-state index is -0.549. The van der Waals surface area contributed by atoms with E-state index in [0.29, 0.717) is 6.42 Å². The third-order valence-electron chi connectivity index (χ3n) is 2.38. The van der Waals surface area contributed by atoms with Crippen LogP contribution in [0.4, 0.5) is 8.78 Å². The standard InChI is InChI=1S/C8H15F2N/c9-5-7(6-10)1-2-8(11)3-4-8/h7H,1-6,11H2. The summed E-state index contributed by atoms with van der Waals surface area (Å²) < 4.78 is 23.9. The summed E-state index contributed by atoms with van der Waals surface area (Å²) in [5.41, 5.74) is 5.71. The van der Waals surface area contributed by atoms with Crippen LogP contribution in [-0.4, -0.2) is 18.9 Å². The van der Waals surface area contributed by atoms with E-state index in [1.807, 2.05) is 0 Å². The molecule has 1 rings (SSSR count). The van der Waals surface area contributed by atoms with Crippen LogP contribution in [0.1, 0.15) is 25.7 Å². The molecule has 0 bridgehead atoms. The van der Waals surface area contributed by atoms with Gasteiger partial charge in [0.2, 0.25) is 0 Å². The molecule has 0 amide bonds. The maximum atomic E-state index is 12.0. The van der Waals surface area contributed by atoms with Gasteiger partial charge >= 0.3 is 0 Å². The zero-order valence-electron chi connectivity index (χ0n) is 6.65. The second-order valence-corrected chi connectivity index (χ2v) is 3.58. The predicted molar refractivity (Wildman–Crippen MR) is 40.8 cm³/mol. The van der Waals surface area contributed by atoms with Crippen LogP contribution in [0.5, 0.6) is 0 Å². The smallest absolute Gasteiger partial charge is 0.0947 e. The summed E-state index contributed by atoms with van der Waals surface area (Å²) in [6.07, 6.45) is 3.44. The van der Waals surface area contributed by atoms with Crippen molar-refractivity contribution < 1.29 is 8.78 Å². The lowest BCUT2D eigenvalue weighted by Gasteiger charge is -2.11. The van der Waals surface area contributed by atoms with Crippen molar-refractivity contribution in [3.05, 3.63) is 0 Å². The van der Waals surface area contributed by atoms with Gasteiger partial charge in [-0.15, -0.1) is 0 Å². The highest BCUT2D eigenvalue weighted by Gasteiger charge is 2.37. The number of hydrogen-bond donors (Lipinski definition) is 1. The predicted octanol–water partition coefficient (Wildman–Crippen LogP) is 1.81. The lowest BCUT2D eigenvalue weighted by atomic mass is 10.0. The fraction of sp³-hybridized carbons (Fsp3) is 1.00. The molecule has 1 nitrogen and oxygen atoms in total. The van der Waals surface area contributed by atoms with Crippen molar-refractivity contribution in [2.75, 3.05) is 13.3 Å². The van der Waals surface area contributed by atoms with Gasteiger partial charge in [0.15, 0.2) is 0 Å². The molecule has 0 aromatic carbocycles. The molecule has 1 aliphatic carbocycles. The molecule has 0 atom stereocenters. The van der Waals surface area contributed by atoms with Crippen LogP contribution in [0.15, 0.2) is 0 Å². The molecule has 0 spiro atoms. The van der Waals surface area contributed by atoms with Crippen LogP contribution in [0, 0.1) is 5.92 Å². The number of halogens is 2. The molecule has 0 unspecified atom stereocenters. The largest absolute Gasteiger partial charge is 0.325 e. The zero-order chi connectivity index (χ0) is 8.32. The summed E-state index contributed by atoms with van der Waals surface area (Å²) in [6.45, 7) is -1.10. The quantitative estimate of drug-likeness (QED) is 0.657.